The highest BCUT2D eigenvalue weighted by molar-refractivity contribution is 6.79. The molecule has 134 valence electrons. The predicted octanol–water partition coefficient (Wildman–Crippen LogP) is 4.99. The molecule has 0 saturated heterocycles. The Morgan fingerprint density at radius 1 is 0.870 bits per heavy atom. The molecule has 0 aromatic heterocycles. The maximum Gasteiger partial charge on any atom is 0.331 e. The average molecular weight is 343 g/mol. The van der Waals surface area contributed by atoms with Crippen molar-refractivity contribution in [1.29, 1.82) is 0 Å². The van der Waals surface area contributed by atoms with Gasteiger partial charge in [0.25, 0.3) is 8.32 Å². The molecule has 0 aliphatic carbocycles. The zero-order valence-corrected chi connectivity index (χ0v) is 16.8. The van der Waals surface area contributed by atoms with Gasteiger partial charge in [0.2, 0.25) is 0 Å². The van der Waals surface area contributed by atoms with E-state index in [2.05, 4.69) is 48.5 Å². The maximum atomic E-state index is 12.2. The third kappa shape index (κ3) is 6.90. The molecule has 0 unspecified atom stereocenters. The van der Waals surface area contributed by atoms with Gasteiger partial charge in [0.05, 0.1) is 6.61 Å². The predicted molar refractivity (Wildman–Crippen MR) is 96.8 cm³/mol. The first kappa shape index (κ1) is 21.9. The monoisotopic (exact) mass is 342 g/mol. The molecule has 0 spiro atoms. The summed E-state index contributed by atoms with van der Waals surface area (Å²) in [5.74, 6) is -0.915. The lowest BCUT2D eigenvalue weighted by atomic mass is 10.3. The molecule has 0 fully saturated rings. The molecule has 0 aliphatic heterocycles. The van der Waals surface area contributed by atoms with E-state index >= 15 is 0 Å². The van der Waals surface area contributed by atoms with Crippen LogP contribution in [-0.2, 0) is 18.8 Å². The maximum absolute atomic E-state index is 12.2. The van der Waals surface area contributed by atoms with Crippen LogP contribution in [0.4, 0.5) is 0 Å². The van der Waals surface area contributed by atoms with E-state index in [4.69, 9.17) is 9.16 Å². The zero-order chi connectivity index (χ0) is 18.0. The lowest BCUT2D eigenvalue weighted by molar-refractivity contribution is -0.138. The summed E-state index contributed by atoms with van der Waals surface area (Å²) < 4.78 is 11.0. The molecule has 5 heteroatoms. The fraction of sp³-hybridized carbons (Fsp3) is 0.778. The molecule has 0 bridgehead atoms. The number of hydrogen-bond acceptors (Lipinski definition) is 4. The normalized spacial score (nSPS) is 12.4. The van der Waals surface area contributed by atoms with E-state index in [0.717, 1.165) is 19.3 Å². The van der Waals surface area contributed by atoms with Gasteiger partial charge in [-0.05, 0) is 23.0 Å². The van der Waals surface area contributed by atoms with Crippen molar-refractivity contribution in [3.05, 3.63) is 12.2 Å². The fourth-order valence-corrected chi connectivity index (χ4v) is 8.39. The topological polar surface area (TPSA) is 52.6 Å². The lowest BCUT2D eigenvalue weighted by Gasteiger charge is -2.40. The first-order valence-electron chi connectivity index (χ1n) is 8.76. The molecule has 0 N–H and O–H groups in total. The summed E-state index contributed by atoms with van der Waals surface area (Å²) in [7, 11) is -2.25. The minimum Gasteiger partial charge on any atom is -0.515 e. The minimum absolute atomic E-state index is 0.320. The van der Waals surface area contributed by atoms with Gasteiger partial charge in [0.1, 0.15) is 0 Å². The molecule has 0 radical (unpaired) electrons. The minimum atomic E-state index is -2.25. The number of esters is 1. The van der Waals surface area contributed by atoms with Crippen LogP contribution in [0, 0.1) is 0 Å². The van der Waals surface area contributed by atoms with Gasteiger partial charge in [-0.3, -0.25) is 0 Å². The SMILES string of the molecule is CCCCCOC(=O)/C=C/C(=O)O[Si](C(C)C)(C(C)C)C(C)C. The summed E-state index contributed by atoms with van der Waals surface area (Å²) in [6.45, 7) is 15.2. The molecular weight excluding hydrogens is 308 g/mol. The Morgan fingerprint density at radius 2 is 1.35 bits per heavy atom. The van der Waals surface area contributed by atoms with E-state index in [1.54, 1.807) is 0 Å². The smallest absolute Gasteiger partial charge is 0.331 e. The second kappa shape index (κ2) is 10.6. The van der Waals surface area contributed by atoms with Crippen LogP contribution in [0.15, 0.2) is 12.2 Å². The molecule has 0 saturated carbocycles. The van der Waals surface area contributed by atoms with Crippen molar-refractivity contribution in [3.63, 3.8) is 0 Å². The van der Waals surface area contributed by atoms with Crippen molar-refractivity contribution in [2.45, 2.75) is 84.4 Å². The molecule has 0 aromatic carbocycles. The second-order valence-corrected chi connectivity index (χ2v) is 12.3. The Hall–Kier alpha value is -1.10. The van der Waals surface area contributed by atoms with Gasteiger partial charge in [0, 0.05) is 12.2 Å². The van der Waals surface area contributed by atoms with Crippen molar-refractivity contribution >= 4 is 20.3 Å². The van der Waals surface area contributed by atoms with E-state index in [0.29, 0.717) is 23.2 Å². The van der Waals surface area contributed by atoms with Gasteiger partial charge >= 0.3 is 11.9 Å². The van der Waals surface area contributed by atoms with Crippen LogP contribution in [0.25, 0.3) is 0 Å². The summed E-state index contributed by atoms with van der Waals surface area (Å²) in [4.78, 5) is 23.7. The molecule has 0 atom stereocenters. The van der Waals surface area contributed by atoms with E-state index in [1.807, 2.05) is 0 Å². The Bertz CT molecular complexity index is 378. The number of carbonyl (C=O) groups excluding carboxylic acids is 2. The van der Waals surface area contributed by atoms with E-state index < -0.39 is 20.3 Å². The Morgan fingerprint density at radius 3 is 1.78 bits per heavy atom. The van der Waals surface area contributed by atoms with Crippen molar-refractivity contribution in [3.8, 4) is 0 Å². The summed E-state index contributed by atoms with van der Waals surface area (Å²) in [6.07, 6.45) is 5.34. The summed E-state index contributed by atoms with van der Waals surface area (Å²) in [6, 6.07) is 0. The molecule has 0 aromatic rings. The van der Waals surface area contributed by atoms with Crippen molar-refractivity contribution in [2.24, 2.45) is 0 Å². The number of ether oxygens (including phenoxy) is 1. The van der Waals surface area contributed by atoms with Gasteiger partial charge in [-0.2, -0.15) is 0 Å². The van der Waals surface area contributed by atoms with Gasteiger partial charge in [-0.25, -0.2) is 9.59 Å². The average Bonchev–Trinajstić information content (AvgIpc) is 2.45. The molecule has 0 aliphatic rings. The van der Waals surface area contributed by atoms with Crippen LogP contribution in [0.1, 0.15) is 67.7 Å². The van der Waals surface area contributed by atoms with E-state index in [1.165, 1.54) is 12.2 Å². The zero-order valence-electron chi connectivity index (χ0n) is 15.8. The molecule has 0 heterocycles. The van der Waals surface area contributed by atoms with E-state index in [-0.39, 0.29) is 0 Å². The van der Waals surface area contributed by atoms with E-state index in [9.17, 15) is 9.59 Å². The van der Waals surface area contributed by atoms with Gasteiger partial charge in [0.15, 0.2) is 0 Å². The number of hydrogen-bond donors (Lipinski definition) is 0. The standard InChI is InChI=1S/C18H34O4Si/c1-8-9-10-13-21-17(19)11-12-18(20)22-23(14(2)3,15(4)5)16(6)7/h11-12,14-16H,8-10,13H2,1-7H3/b12-11+. The highest BCUT2D eigenvalue weighted by Gasteiger charge is 2.47. The Labute approximate surface area is 142 Å². The van der Waals surface area contributed by atoms with Crippen LogP contribution in [0.5, 0.6) is 0 Å². The summed E-state index contributed by atoms with van der Waals surface area (Å²) in [5.41, 5.74) is 0.961. The summed E-state index contributed by atoms with van der Waals surface area (Å²) in [5, 5.41) is 0. The van der Waals surface area contributed by atoms with Crippen molar-refractivity contribution < 1.29 is 18.8 Å². The first-order chi connectivity index (χ1) is 10.7. The molecule has 0 rings (SSSR count). The fourth-order valence-electron chi connectivity index (χ4n) is 3.27. The Balaban J connectivity index is 4.71. The third-order valence-corrected chi connectivity index (χ3v) is 10.3. The number of rotatable bonds is 10. The van der Waals surface area contributed by atoms with Crippen LogP contribution >= 0.6 is 0 Å². The Kier molecular flexibility index (Phi) is 10.1. The van der Waals surface area contributed by atoms with Gasteiger partial charge in [-0.1, -0.05) is 61.3 Å². The van der Waals surface area contributed by atoms with Crippen LogP contribution in [0.2, 0.25) is 16.6 Å². The number of carbonyl (C=O) groups is 2. The van der Waals surface area contributed by atoms with Crippen LogP contribution < -0.4 is 0 Å². The van der Waals surface area contributed by atoms with Gasteiger partial charge < -0.3 is 9.16 Å². The second-order valence-electron chi connectivity index (χ2n) is 6.95. The molecular formula is C18H34O4Si. The van der Waals surface area contributed by atoms with Crippen molar-refractivity contribution in [1.82, 2.24) is 0 Å². The highest BCUT2D eigenvalue weighted by atomic mass is 28.4. The largest absolute Gasteiger partial charge is 0.515 e. The third-order valence-electron chi connectivity index (χ3n) is 4.33. The highest BCUT2D eigenvalue weighted by Crippen LogP contribution is 2.42. The lowest BCUT2D eigenvalue weighted by Crippen LogP contribution is -2.49. The van der Waals surface area contributed by atoms with Crippen LogP contribution in [0.3, 0.4) is 0 Å². The summed E-state index contributed by atoms with van der Waals surface area (Å²) >= 11 is 0. The quantitative estimate of drug-likeness (QED) is 0.243. The number of unbranched alkanes of at least 4 members (excludes halogenated alkanes) is 2. The first-order valence-corrected chi connectivity index (χ1v) is 10.9. The molecule has 0 amide bonds. The molecule has 23 heavy (non-hydrogen) atoms. The van der Waals surface area contributed by atoms with Crippen molar-refractivity contribution in [2.75, 3.05) is 6.61 Å². The molecule has 4 nitrogen and oxygen atoms in total. The van der Waals surface area contributed by atoms with Crippen LogP contribution in [-0.4, -0.2) is 26.9 Å². The van der Waals surface area contributed by atoms with Gasteiger partial charge in [-0.15, -0.1) is 0 Å².